The standard InChI is InChI=1S/C24H27N5O/c1-24(2,30)22-13-19-20-12-17(14-26-23(20)27-21(19)15-25-22)16-4-6-18(7-5-16)29-10-8-28(3)9-11-29/h4-7,12-15,30H,8-11H2,1-3H3,(H,26,27). The Labute approximate surface area is 176 Å². The largest absolute Gasteiger partial charge is 0.384 e. The van der Waals surface area contributed by atoms with Crippen molar-refractivity contribution in [3.63, 3.8) is 0 Å². The van der Waals surface area contributed by atoms with Crippen LogP contribution in [-0.2, 0) is 5.60 Å². The number of pyridine rings is 2. The van der Waals surface area contributed by atoms with Crippen molar-refractivity contribution in [3.8, 4) is 11.1 Å². The van der Waals surface area contributed by atoms with Crippen LogP contribution in [0.3, 0.4) is 0 Å². The molecule has 0 bridgehead atoms. The number of hydrogen-bond acceptors (Lipinski definition) is 5. The van der Waals surface area contributed by atoms with Crippen molar-refractivity contribution in [2.75, 3.05) is 38.1 Å². The highest BCUT2D eigenvalue weighted by Gasteiger charge is 2.19. The maximum absolute atomic E-state index is 10.3. The predicted molar refractivity (Wildman–Crippen MR) is 122 cm³/mol. The van der Waals surface area contributed by atoms with E-state index < -0.39 is 5.60 Å². The monoisotopic (exact) mass is 401 g/mol. The number of fused-ring (bicyclic) bond motifs is 3. The first-order valence-electron chi connectivity index (χ1n) is 10.4. The number of H-pyrrole nitrogens is 1. The van der Waals surface area contributed by atoms with Gasteiger partial charge in [0, 0.05) is 54.4 Å². The topological polar surface area (TPSA) is 68.3 Å². The Morgan fingerprint density at radius 2 is 1.63 bits per heavy atom. The van der Waals surface area contributed by atoms with Gasteiger partial charge in [-0.05, 0) is 50.7 Å². The summed E-state index contributed by atoms with van der Waals surface area (Å²) in [5.41, 5.74) is 4.92. The van der Waals surface area contributed by atoms with Crippen LogP contribution in [0.25, 0.3) is 33.1 Å². The van der Waals surface area contributed by atoms with Gasteiger partial charge in [-0.1, -0.05) is 12.1 Å². The predicted octanol–water partition coefficient (Wildman–Crippen LogP) is 3.76. The van der Waals surface area contributed by atoms with Gasteiger partial charge in [-0.25, -0.2) is 4.98 Å². The van der Waals surface area contributed by atoms with Gasteiger partial charge in [0.25, 0.3) is 0 Å². The maximum Gasteiger partial charge on any atom is 0.138 e. The molecule has 1 aliphatic heterocycles. The molecular formula is C24H27N5O. The molecule has 154 valence electrons. The molecule has 6 heteroatoms. The summed E-state index contributed by atoms with van der Waals surface area (Å²) in [7, 11) is 2.18. The van der Waals surface area contributed by atoms with E-state index in [-0.39, 0.29) is 0 Å². The average molecular weight is 402 g/mol. The lowest BCUT2D eigenvalue weighted by atomic mass is 10.0. The van der Waals surface area contributed by atoms with Crippen LogP contribution < -0.4 is 4.90 Å². The van der Waals surface area contributed by atoms with E-state index in [0.29, 0.717) is 5.69 Å². The lowest BCUT2D eigenvalue weighted by Gasteiger charge is -2.34. The lowest BCUT2D eigenvalue weighted by Crippen LogP contribution is -2.44. The molecule has 4 heterocycles. The van der Waals surface area contributed by atoms with Gasteiger partial charge in [0.15, 0.2) is 0 Å². The van der Waals surface area contributed by atoms with E-state index in [1.807, 2.05) is 12.3 Å². The van der Waals surface area contributed by atoms with Gasteiger partial charge in [0.05, 0.1) is 17.4 Å². The molecule has 0 atom stereocenters. The number of likely N-dealkylation sites (N-methyl/N-ethyl adjacent to an activating group) is 1. The zero-order valence-corrected chi connectivity index (χ0v) is 17.7. The molecule has 0 amide bonds. The fraction of sp³-hybridized carbons (Fsp3) is 0.333. The Morgan fingerprint density at radius 1 is 0.900 bits per heavy atom. The molecule has 1 fully saturated rings. The molecule has 0 unspecified atom stereocenters. The molecule has 4 aromatic rings. The van der Waals surface area contributed by atoms with Gasteiger partial charge < -0.3 is 19.9 Å². The second-order valence-corrected chi connectivity index (χ2v) is 8.76. The van der Waals surface area contributed by atoms with Crippen LogP contribution in [0.5, 0.6) is 0 Å². The van der Waals surface area contributed by atoms with E-state index in [1.165, 1.54) is 5.69 Å². The average Bonchev–Trinajstić information content (AvgIpc) is 3.11. The fourth-order valence-corrected chi connectivity index (χ4v) is 4.10. The molecule has 2 N–H and O–H groups in total. The van der Waals surface area contributed by atoms with Crippen LogP contribution in [0.15, 0.2) is 48.8 Å². The molecule has 0 saturated carbocycles. The molecule has 0 aliphatic carbocycles. The van der Waals surface area contributed by atoms with Crippen LogP contribution in [0, 0.1) is 0 Å². The van der Waals surface area contributed by atoms with E-state index in [4.69, 9.17) is 0 Å². The second-order valence-electron chi connectivity index (χ2n) is 8.76. The minimum absolute atomic E-state index is 0.651. The normalized spacial score (nSPS) is 15.9. The van der Waals surface area contributed by atoms with Crippen molar-refractivity contribution in [2.45, 2.75) is 19.4 Å². The van der Waals surface area contributed by atoms with Gasteiger partial charge in [0.2, 0.25) is 0 Å². The van der Waals surface area contributed by atoms with E-state index >= 15 is 0 Å². The zero-order chi connectivity index (χ0) is 20.9. The summed E-state index contributed by atoms with van der Waals surface area (Å²) in [5, 5.41) is 12.4. The maximum atomic E-state index is 10.3. The zero-order valence-electron chi connectivity index (χ0n) is 17.7. The molecule has 3 aromatic heterocycles. The summed E-state index contributed by atoms with van der Waals surface area (Å²) in [6.45, 7) is 7.84. The van der Waals surface area contributed by atoms with E-state index in [9.17, 15) is 5.11 Å². The highest BCUT2D eigenvalue weighted by atomic mass is 16.3. The molecule has 0 spiro atoms. The number of benzene rings is 1. The Hall–Kier alpha value is -2.96. The van der Waals surface area contributed by atoms with Crippen molar-refractivity contribution in [1.82, 2.24) is 19.9 Å². The Bertz CT molecular complexity index is 1200. The van der Waals surface area contributed by atoms with E-state index in [0.717, 1.165) is 59.2 Å². The van der Waals surface area contributed by atoms with Gasteiger partial charge in [-0.2, -0.15) is 0 Å². The number of rotatable bonds is 3. The molecule has 1 aliphatic rings. The summed E-state index contributed by atoms with van der Waals surface area (Å²) in [6.07, 6.45) is 3.68. The molecule has 5 rings (SSSR count). The number of nitrogens with one attached hydrogen (secondary N) is 1. The number of aromatic amines is 1. The highest BCUT2D eigenvalue weighted by Crippen LogP contribution is 2.31. The summed E-state index contributed by atoms with van der Waals surface area (Å²) >= 11 is 0. The second kappa shape index (κ2) is 7.07. The van der Waals surface area contributed by atoms with Crippen molar-refractivity contribution in [1.29, 1.82) is 0 Å². The van der Waals surface area contributed by atoms with Crippen molar-refractivity contribution in [2.24, 2.45) is 0 Å². The highest BCUT2D eigenvalue weighted by molar-refractivity contribution is 6.06. The van der Waals surface area contributed by atoms with E-state index in [2.05, 4.69) is 62.1 Å². The molecule has 6 nitrogen and oxygen atoms in total. The number of anilines is 1. The quantitative estimate of drug-likeness (QED) is 0.547. The number of hydrogen-bond donors (Lipinski definition) is 2. The summed E-state index contributed by atoms with van der Waals surface area (Å²) in [5.74, 6) is 0. The molecule has 1 aromatic carbocycles. The first kappa shape index (κ1) is 19.0. The number of nitrogens with zero attached hydrogens (tertiary/aromatic N) is 4. The number of piperazine rings is 1. The number of aromatic nitrogens is 3. The Balaban J connectivity index is 1.50. The SMILES string of the molecule is CN1CCN(c2ccc(-c3cnc4[nH]c5cnc(C(C)(C)O)cc5c4c3)cc2)CC1. The summed E-state index contributed by atoms with van der Waals surface area (Å²) in [6, 6.07) is 12.9. The van der Waals surface area contributed by atoms with Gasteiger partial charge in [0.1, 0.15) is 11.2 Å². The van der Waals surface area contributed by atoms with Crippen molar-refractivity contribution >= 4 is 27.6 Å². The van der Waals surface area contributed by atoms with Crippen LogP contribution in [0.2, 0.25) is 0 Å². The van der Waals surface area contributed by atoms with Crippen molar-refractivity contribution < 1.29 is 5.11 Å². The van der Waals surface area contributed by atoms with Crippen LogP contribution in [-0.4, -0.2) is 58.2 Å². The van der Waals surface area contributed by atoms with E-state index in [1.54, 1.807) is 20.0 Å². The minimum Gasteiger partial charge on any atom is -0.384 e. The minimum atomic E-state index is -0.984. The van der Waals surface area contributed by atoms with Gasteiger partial charge >= 0.3 is 0 Å². The number of aliphatic hydroxyl groups is 1. The summed E-state index contributed by atoms with van der Waals surface area (Å²) in [4.78, 5) is 17.2. The summed E-state index contributed by atoms with van der Waals surface area (Å²) < 4.78 is 0. The fourth-order valence-electron chi connectivity index (χ4n) is 4.10. The Kier molecular flexibility index (Phi) is 4.49. The van der Waals surface area contributed by atoms with Crippen LogP contribution >= 0.6 is 0 Å². The third-order valence-electron chi connectivity index (χ3n) is 6.03. The Morgan fingerprint density at radius 3 is 2.33 bits per heavy atom. The lowest BCUT2D eigenvalue weighted by molar-refractivity contribution is 0.0740. The van der Waals surface area contributed by atoms with Crippen molar-refractivity contribution in [3.05, 3.63) is 54.5 Å². The van der Waals surface area contributed by atoms with Gasteiger partial charge in [-0.15, -0.1) is 0 Å². The van der Waals surface area contributed by atoms with Crippen LogP contribution in [0.4, 0.5) is 5.69 Å². The smallest absolute Gasteiger partial charge is 0.138 e. The molecule has 30 heavy (non-hydrogen) atoms. The third-order valence-corrected chi connectivity index (χ3v) is 6.03. The van der Waals surface area contributed by atoms with Crippen LogP contribution in [0.1, 0.15) is 19.5 Å². The third kappa shape index (κ3) is 3.42. The molecule has 0 radical (unpaired) electrons. The molecular weight excluding hydrogens is 374 g/mol. The molecule has 1 saturated heterocycles. The first-order valence-corrected chi connectivity index (χ1v) is 10.4. The first-order chi connectivity index (χ1) is 14.4. The van der Waals surface area contributed by atoms with Gasteiger partial charge in [-0.3, -0.25) is 4.98 Å².